The molecule has 0 heterocycles. The predicted octanol–water partition coefficient (Wildman–Crippen LogP) is 1.90. The molecule has 1 fully saturated rings. The minimum Gasteiger partial charge on any atom is -0.465 e. The smallest absolute Gasteiger partial charge is 0.405 e. The maximum absolute atomic E-state index is 11.9. The molecule has 3 N–H and O–H groups in total. The van der Waals surface area contributed by atoms with E-state index in [4.69, 9.17) is 5.11 Å². The Morgan fingerprint density at radius 2 is 1.86 bits per heavy atom. The van der Waals surface area contributed by atoms with Crippen molar-refractivity contribution in [3.05, 3.63) is 0 Å². The van der Waals surface area contributed by atoms with E-state index < -0.39 is 6.09 Å². The second-order valence-corrected chi connectivity index (χ2v) is 6.97. The third-order valence-corrected chi connectivity index (χ3v) is 4.87. The summed E-state index contributed by atoms with van der Waals surface area (Å²) in [6.45, 7) is 8.62. The molecule has 22 heavy (non-hydrogen) atoms. The van der Waals surface area contributed by atoms with E-state index in [1.54, 1.807) is 0 Å². The van der Waals surface area contributed by atoms with Crippen LogP contribution in [0.2, 0.25) is 0 Å². The molecule has 6 nitrogen and oxygen atoms in total. The number of hydrogen-bond acceptors (Lipinski definition) is 3. The summed E-state index contributed by atoms with van der Waals surface area (Å²) in [4.78, 5) is 24.7. The molecule has 0 aromatic heterocycles. The SMILES string of the molecule is CC(C)[C@@H]1C[C@H](N(C)C(C)C)CC[C@@H]1NC(=O)CNC(=O)O. The van der Waals surface area contributed by atoms with Gasteiger partial charge in [0, 0.05) is 18.1 Å². The van der Waals surface area contributed by atoms with Gasteiger partial charge < -0.3 is 20.6 Å². The van der Waals surface area contributed by atoms with Crippen LogP contribution in [-0.4, -0.2) is 53.7 Å². The van der Waals surface area contributed by atoms with Crippen LogP contribution < -0.4 is 10.6 Å². The number of nitrogens with one attached hydrogen (secondary N) is 2. The summed E-state index contributed by atoms with van der Waals surface area (Å²) in [7, 11) is 2.17. The van der Waals surface area contributed by atoms with Crippen LogP contribution in [0.25, 0.3) is 0 Å². The van der Waals surface area contributed by atoms with Crippen molar-refractivity contribution in [1.29, 1.82) is 0 Å². The largest absolute Gasteiger partial charge is 0.465 e. The number of carbonyl (C=O) groups is 2. The molecule has 0 bridgehead atoms. The second kappa shape index (κ2) is 8.36. The Labute approximate surface area is 133 Å². The Bertz CT molecular complexity index is 385. The molecule has 3 atom stereocenters. The highest BCUT2D eigenvalue weighted by atomic mass is 16.4. The van der Waals surface area contributed by atoms with Crippen LogP contribution in [0, 0.1) is 11.8 Å². The van der Waals surface area contributed by atoms with E-state index in [1.165, 1.54) is 0 Å². The molecule has 128 valence electrons. The summed E-state index contributed by atoms with van der Waals surface area (Å²) >= 11 is 0. The van der Waals surface area contributed by atoms with Gasteiger partial charge in [-0.3, -0.25) is 4.79 Å². The van der Waals surface area contributed by atoms with Gasteiger partial charge in [0.2, 0.25) is 5.91 Å². The zero-order valence-electron chi connectivity index (χ0n) is 14.4. The Kier molecular flexibility index (Phi) is 7.13. The molecule has 1 aliphatic rings. The van der Waals surface area contributed by atoms with Gasteiger partial charge in [0.05, 0.1) is 6.54 Å². The number of nitrogens with zero attached hydrogens (tertiary/aromatic N) is 1. The number of hydrogen-bond donors (Lipinski definition) is 3. The van der Waals surface area contributed by atoms with E-state index in [1.807, 2.05) is 0 Å². The standard InChI is InChI=1S/C16H31N3O3/c1-10(2)13-8-12(19(5)11(3)4)6-7-14(13)18-15(20)9-17-16(21)22/h10-14,17H,6-9H2,1-5H3,(H,18,20)(H,21,22)/t12-,13+,14+/m1/s1. The zero-order valence-corrected chi connectivity index (χ0v) is 14.4. The fourth-order valence-electron chi connectivity index (χ4n) is 3.30. The van der Waals surface area contributed by atoms with Gasteiger partial charge in [0.1, 0.15) is 0 Å². The maximum Gasteiger partial charge on any atom is 0.405 e. The monoisotopic (exact) mass is 313 g/mol. The van der Waals surface area contributed by atoms with Gasteiger partial charge in [-0.1, -0.05) is 13.8 Å². The van der Waals surface area contributed by atoms with Crippen LogP contribution in [0.15, 0.2) is 0 Å². The Morgan fingerprint density at radius 3 is 2.36 bits per heavy atom. The van der Waals surface area contributed by atoms with E-state index in [2.05, 4.69) is 50.3 Å². The van der Waals surface area contributed by atoms with Gasteiger partial charge in [0.15, 0.2) is 0 Å². The van der Waals surface area contributed by atoms with Crippen LogP contribution in [0.5, 0.6) is 0 Å². The summed E-state index contributed by atoms with van der Waals surface area (Å²) in [5, 5.41) is 13.7. The second-order valence-electron chi connectivity index (χ2n) is 6.97. The Morgan fingerprint density at radius 1 is 1.23 bits per heavy atom. The molecule has 2 amide bonds. The Hall–Kier alpha value is -1.30. The number of carboxylic acid groups (broad SMARTS) is 1. The minimum atomic E-state index is -1.17. The van der Waals surface area contributed by atoms with Crippen molar-refractivity contribution in [3.63, 3.8) is 0 Å². The summed E-state index contributed by atoms with van der Waals surface area (Å²) in [6, 6.07) is 1.21. The molecule has 0 aromatic carbocycles. The van der Waals surface area contributed by atoms with Crippen LogP contribution >= 0.6 is 0 Å². The summed E-state index contributed by atoms with van der Waals surface area (Å²) in [6.07, 6.45) is 1.92. The predicted molar refractivity (Wildman–Crippen MR) is 86.8 cm³/mol. The van der Waals surface area contributed by atoms with Crippen molar-refractivity contribution in [1.82, 2.24) is 15.5 Å². The van der Waals surface area contributed by atoms with Crippen molar-refractivity contribution in [2.75, 3.05) is 13.6 Å². The van der Waals surface area contributed by atoms with Crippen LogP contribution in [0.3, 0.4) is 0 Å². The van der Waals surface area contributed by atoms with Crippen molar-refractivity contribution in [2.24, 2.45) is 11.8 Å². The van der Waals surface area contributed by atoms with Crippen LogP contribution in [0.1, 0.15) is 47.0 Å². The minimum absolute atomic E-state index is 0.139. The van der Waals surface area contributed by atoms with Crippen molar-refractivity contribution in [2.45, 2.75) is 65.1 Å². The van der Waals surface area contributed by atoms with Crippen LogP contribution in [0.4, 0.5) is 4.79 Å². The van der Waals surface area contributed by atoms with E-state index in [0.29, 0.717) is 23.9 Å². The molecule has 6 heteroatoms. The number of carbonyl (C=O) groups excluding carboxylic acids is 1. The summed E-state index contributed by atoms with van der Waals surface area (Å²) in [5.41, 5.74) is 0. The first-order chi connectivity index (χ1) is 10.2. The first kappa shape index (κ1) is 18.7. The van der Waals surface area contributed by atoms with Gasteiger partial charge in [-0.25, -0.2) is 4.79 Å². The lowest BCUT2D eigenvalue weighted by atomic mass is 9.75. The first-order valence-corrected chi connectivity index (χ1v) is 8.20. The molecule has 0 aliphatic heterocycles. The third kappa shape index (κ3) is 5.48. The topological polar surface area (TPSA) is 81.7 Å². The maximum atomic E-state index is 11.9. The molecule has 0 unspecified atom stereocenters. The van der Waals surface area contributed by atoms with E-state index in [9.17, 15) is 9.59 Å². The molecular weight excluding hydrogens is 282 g/mol. The lowest BCUT2D eigenvalue weighted by Crippen LogP contribution is -2.52. The van der Waals surface area contributed by atoms with Gasteiger partial charge in [-0.15, -0.1) is 0 Å². The fourth-order valence-corrected chi connectivity index (χ4v) is 3.30. The average Bonchev–Trinajstić information content (AvgIpc) is 2.44. The molecule has 1 saturated carbocycles. The number of amides is 2. The normalized spacial score (nSPS) is 25.5. The molecular formula is C16H31N3O3. The van der Waals surface area contributed by atoms with Gasteiger partial charge in [0.25, 0.3) is 0 Å². The highest BCUT2D eigenvalue weighted by Crippen LogP contribution is 2.33. The van der Waals surface area contributed by atoms with E-state index in [-0.39, 0.29) is 18.5 Å². The third-order valence-electron chi connectivity index (χ3n) is 4.87. The molecule has 0 spiro atoms. The molecule has 1 aliphatic carbocycles. The molecule has 1 rings (SSSR count). The quantitative estimate of drug-likeness (QED) is 0.699. The van der Waals surface area contributed by atoms with Crippen molar-refractivity contribution >= 4 is 12.0 Å². The fraction of sp³-hybridized carbons (Fsp3) is 0.875. The lowest BCUT2D eigenvalue weighted by Gasteiger charge is -2.43. The summed E-state index contributed by atoms with van der Waals surface area (Å²) in [5.74, 6) is 0.670. The zero-order chi connectivity index (χ0) is 16.9. The highest BCUT2D eigenvalue weighted by molar-refractivity contribution is 5.81. The van der Waals surface area contributed by atoms with Gasteiger partial charge in [-0.2, -0.15) is 0 Å². The molecule has 0 radical (unpaired) electrons. The summed E-state index contributed by atoms with van der Waals surface area (Å²) < 4.78 is 0. The van der Waals surface area contributed by atoms with E-state index in [0.717, 1.165) is 19.3 Å². The number of rotatable bonds is 6. The van der Waals surface area contributed by atoms with Crippen molar-refractivity contribution in [3.8, 4) is 0 Å². The lowest BCUT2D eigenvalue weighted by molar-refractivity contribution is -0.121. The van der Waals surface area contributed by atoms with Gasteiger partial charge >= 0.3 is 6.09 Å². The highest BCUT2D eigenvalue weighted by Gasteiger charge is 2.35. The molecule has 0 aromatic rings. The average molecular weight is 313 g/mol. The molecule has 0 saturated heterocycles. The Balaban J connectivity index is 2.61. The van der Waals surface area contributed by atoms with Crippen LogP contribution in [-0.2, 0) is 4.79 Å². The first-order valence-electron chi connectivity index (χ1n) is 8.20. The van der Waals surface area contributed by atoms with Crippen molar-refractivity contribution < 1.29 is 14.7 Å². The van der Waals surface area contributed by atoms with E-state index >= 15 is 0 Å². The van der Waals surface area contributed by atoms with Gasteiger partial charge in [-0.05, 0) is 52.0 Å².